The van der Waals surface area contributed by atoms with Crippen LogP contribution >= 0.6 is 0 Å². The van der Waals surface area contributed by atoms with Gasteiger partial charge in [0.1, 0.15) is 23.1 Å². The summed E-state index contributed by atoms with van der Waals surface area (Å²) in [4.78, 5) is 56.1. The Hall–Kier alpha value is -2.32. The Labute approximate surface area is 349 Å². The van der Waals surface area contributed by atoms with E-state index in [0.717, 1.165) is 0 Å². The molecule has 3 heterocycles. The molecule has 0 aromatic carbocycles. The van der Waals surface area contributed by atoms with Crippen molar-refractivity contribution in [1.82, 2.24) is 9.80 Å². The normalized spacial score (nSPS) is 46.3. The van der Waals surface area contributed by atoms with Crippen molar-refractivity contribution in [2.75, 3.05) is 41.9 Å². The first-order valence-electron chi connectivity index (χ1n) is 20.9. The number of carbonyl (C=O) groups excluding carboxylic acids is 3. The van der Waals surface area contributed by atoms with Crippen LogP contribution in [0.1, 0.15) is 88.5 Å². The SMILES string of the molecule is CO[C@]1(C)C[C@H](O[C@H]2[C@H](C)[C@@H](O[C@@H]3O[C@H](C)C[C@@H](N(C)CC(=O)O)[C@@H]3N(C)C)[C@@](C)(OC)C[C@@H](C)C(=O)[C@H](C)[C@@H](O)[C@@]3(O)C(C)[C@H]3OC(=O)[C@@H]2C)O[C@@H](C)[C@@H]1OC(C)=O. The van der Waals surface area contributed by atoms with Crippen LogP contribution in [-0.4, -0.2) is 175 Å². The van der Waals surface area contributed by atoms with Crippen LogP contribution in [-0.2, 0) is 57.1 Å². The number of hydrogen-bond donors (Lipinski definition) is 3. The molecule has 340 valence electrons. The highest BCUT2D eigenvalue weighted by molar-refractivity contribution is 5.84. The Morgan fingerprint density at radius 1 is 0.881 bits per heavy atom. The third kappa shape index (κ3) is 10.2. The highest BCUT2D eigenvalue weighted by atomic mass is 16.7. The van der Waals surface area contributed by atoms with E-state index in [-0.39, 0.29) is 37.3 Å². The van der Waals surface area contributed by atoms with E-state index in [9.17, 15) is 34.5 Å². The summed E-state index contributed by atoms with van der Waals surface area (Å²) in [7, 11) is 8.50. The molecule has 0 spiro atoms. The fourth-order valence-electron chi connectivity index (χ4n) is 10.1. The third-order valence-corrected chi connectivity index (χ3v) is 13.8. The number of nitrogens with zero attached hydrogens (tertiary/aromatic N) is 2. The fraction of sp³-hybridized carbons (Fsp3) is 0.905. The van der Waals surface area contributed by atoms with Crippen LogP contribution in [0, 0.1) is 29.6 Å². The molecule has 1 saturated carbocycles. The van der Waals surface area contributed by atoms with Gasteiger partial charge in [0.25, 0.3) is 0 Å². The number of carbonyl (C=O) groups is 4. The number of rotatable bonds is 11. The summed E-state index contributed by atoms with van der Waals surface area (Å²) in [5.74, 6) is -6.69. The van der Waals surface area contributed by atoms with E-state index < -0.39 is 120 Å². The van der Waals surface area contributed by atoms with Crippen LogP contribution in [0.2, 0.25) is 0 Å². The number of aliphatic hydroxyl groups excluding tert-OH is 1. The molecule has 17 nitrogen and oxygen atoms in total. The van der Waals surface area contributed by atoms with Crippen molar-refractivity contribution in [1.29, 1.82) is 0 Å². The van der Waals surface area contributed by atoms with E-state index >= 15 is 0 Å². The molecule has 0 amide bonds. The van der Waals surface area contributed by atoms with Gasteiger partial charge < -0.3 is 58.1 Å². The number of carboxylic acids is 1. The summed E-state index contributed by atoms with van der Waals surface area (Å²) in [6, 6.07) is -0.792. The van der Waals surface area contributed by atoms with Gasteiger partial charge >= 0.3 is 17.9 Å². The van der Waals surface area contributed by atoms with Crippen molar-refractivity contribution < 1.29 is 72.4 Å². The minimum atomic E-state index is -1.85. The standard InChI is InChI=1S/C42H72N2O15/c1-20-17-40(9,52-14)35(59-39-31(43(11)12)28(16-21(2)54-39)44(13)19-29(46)47)23(4)33(57-30-18-41(10,53-15)37(26(7)55-30)56-27(8)45)24(5)38(50)58-36-25(6)42(36,51)34(49)22(3)32(20)48/h20-26,28,30-31,33-37,39,49,51H,16-19H2,1-15H3,(H,46,47)/t20-,21-,22+,23+,24-,25?,26+,28-,30+,31+,33+,34-,35-,36-,37+,39+,40+,41-,42+/m1/s1. The zero-order valence-corrected chi connectivity index (χ0v) is 37.7. The van der Waals surface area contributed by atoms with Gasteiger partial charge in [-0.05, 0) is 68.6 Å². The van der Waals surface area contributed by atoms with Crippen LogP contribution in [0.4, 0.5) is 0 Å². The van der Waals surface area contributed by atoms with Crippen molar-refractivity contribution in [2.24, 2.45) is 29.6 Å². The first-order valence-corrected chi connectivity index (χ1v) is 20.9. The fourth-order valence-corrected chi connectivity index (χ4v) is 10.1. The molecule has 19 atom stereocenters. The van der Waals surface area contributed by atoms with Crippen LogP contribution in [0.25, 0.3) is 0 Å². The van der Waals surface area contributed by atoms with Gasteiger partial charge in [-0.15, -0.1) is 0 Å². The van der Waals surface area contributed by atoms with E-state index in [1.165, 1.54) is 21.1 Å². The van der Waals surface area contributed by atoms with Gasteiger partial charge in [-0.3, -0.25) is 24.1 Å². The number of aliphatic hydroxyl groups is 2. The lowest BCUT2D eigenvalue weighted by Gasteiger charge is -2.51. The summed E-state index contributed by atoms with van der Waals surface area (Å²) in [5, 5.41) is 32.8. The number of ketones is 1. The molecule has 3 N–H and O–H groups in total. The lowest BCUT2D eigenvalue weighted by atomic mass is 9.75. The lowest BCUT2D eigenvalue weighted by molar-refractivity contribution is -0.315. The monoisotopic (exact) mass is 844 g/mol. The number of carboxylic acid groups (broad SMARTS) is 1. The number of aliphatic carboxylic acids is 1. The topological polar surface area (TPSA) is 209 Å². The van der Waals surface area contributed by atoms with E-state index in [4.69, 9.17) is 37.9 Å². The zero-order chi connectivity index (χ0) is 44.7. The second-order valence-electron chi connectivity index (χ2n) is 18.5. The van der Waals surface area contributed by atoms with Crippen LogP contribution < -0.4 is 0 Å². The number of likely N-dealkylation sites (N-methyl/N-ethyl adjacent to an activating group) is 2. The van der Waals surface area contributed by atoms with Crippen molar-refractivity contribution in [2.45, 2.75) is 173 Å². The highest BCUT2D eigenvalue weighted by Crippen LogP contribution is 2.52. The lowest BCUT2D eigenvalue weighted by Crippen LogP contribution is -2.64. The molecular formula is C42H72N2O15. The largest absolute Gasteiger partial charge is 0.480 e. The van der Waals surface area contributed by atoms with E-state index in [0.29, 0.717) is 6.42 Å². The molecule has 1 unspecified atom stereocenters. The maximum Gasteiger partial charge on any atom is 0.317 e. The molecule has 1 aliphatic carbocycles. The molecule has 17 heteroatoms. The molecule has 4 aliphatic rings. The maximum atomic E-state index is 14.3. The van der Waals surface area contributed by atoms with Crippen molar-refractivity contribution in [3.63, 3.8) is 0 Å². The second kappa shape index (κ2) is 19.0. The molecular weight excluding hydrogens is 772 g/mol. The third-order valence-electron chi connectivity index (χ3n) is 13.8. The summed E-state index contributed by atoms with van der Waals surface area (Å²) in [6.45, 7) is 16.8. The Morgan fingerprint density at radius 2 is 1.47 bits per heavy atom. The summed E-state index contributed by atoms with van der Waals surface area (Å²) in [6.07, 6.45) is -7.69. The Morgan fingerprint density at radius 3 is 2.02 bits per heavy atom. The predicted octanol–water partition coefficient (Wildman–Crippen LogP) is 2.25. The van der Waals surface area contributed by atoms with Gasteiger partial charge in [-0.2, -0.15) is 0 Å². The van der Waals surface area contributed by atoms with Gasteiger partial charge in [0.05, 0.1) is 54.6 Å². The van der Waals surface area contributed by atoms with Gasteiger partial charge in [-0.1, -0.05) is 27.7 Å². The van der Waals surface area contributed by atoms with Crippen molar-refractivity contribution in [3.8, 4) is 0 Å². The molecule has 0 aromatic rings. The summed E-state index contributed by atoms with van der Waals surface area (Å²) in [5.41, 5.74) is -4.18. The minimum absolute atomic E-state index is 0.0946. The van der Waals surface area contributed by atoms with Gasteiger partial charge in [-0.25, -0.2) is 0 Å². The maximum absolute atomic E-state index is 14.3. The number of hydrogen-bond acceptors (Lipinski definition) is 16. The molecule has 0 bridgehead atoms. The van der Waals surface area contributed by atoms with Gasteiger partial charge in [0.2, 0.25) is 0 Å². The molecule has 59 heavy (non-hydrogen) atoms. The molecule has 4 rings (SSSR count). The average Bonchev–Trinajstić information content (AvgIpc) is 3.68. The Kier molecular flexibility index (Phi) is 15.9. The zero-order valence-electron chi connectivity index (χ0n) is 37.7. The molecule has 3 aliphatic heterocycles. The summed E-state index contributed by atoms with van der Waals surface area (Å²) < 4.78 is 50.8. The molecule has 3 saturated heterocycles. The van der Waals surface area contributed by atoms with E-state index in [1.807, 2.05) is 39.8 Å². The average molecular weight is 845 g/mol. The Bertz CT molecular complexity index is 1500. The van der Waals surface area contributed by atoms with Crippen molar-refractivity contribution >= 4 is 23.7 Å². The van der Waals surface area contributed by atoms with Crippen LogP contribution in [0.5, 0.6) is 0 Å². The highest BCUT2D eigenvalue weighted by Gasteiger charge is 2.70. The first-order chi connectivity index (χ1) is 27.3. The molecule has 4 fully saturated rings. The molecule has 0 aromatic heterocycles. The predicted molar refractivity (Wildman–Crippen MR) is 212 cm³/mol. The number of esters is 2. The van der Waals surface area contributed by atoms with Gasteiger partial charge in [0, 0.05) is 57.3 Å². The smallest absolute Gasteiger partial charge is 0.317 e. The number of Topliss-reactive ketones (excluding diaryl/α,β-unsaturated/α-hetero) is 1. The van der Waals surface area contributed by atoms with E-state index in [1.54, 1.807) is 53.5 Å². The summed E-state index contributed by atoms with van der Waals surface area (Å²) >= 11 is 0. The number of methoxy groups -OCH3 is 2. The molecule has 0 radical (unpaired) electrons. The number of fused-ring (bicyclic) bond motifs is 1. The van der Waals surface area contributed by atoms with Crippen LogP contribution in [0.3, 0.4) is 0 Å². The van der Waals surface area contributed by atoms with E-state index in [2.05, 4.69) is 0 Å². The quantitative estimate of drug-likeness (QED) is 0.255. The Balaban J connectivity index is 1.87. The minimum Gasteiger partial charge on any atom is -0.480 e. The first kappa shape index (κ1) is 49.3. The number of ether oxygens (including phenoxy) is 8. The van der Waals surface area contributed by atoms with Crippen LogP contribution in [0.15, 0.2) is 0 Å². The second-order valence-corrected chi connectivity index (χ2v) is 18.5. The van der Waals surface area contributed by atoms with Gasteiger partial charge in [0.15, 0.2) is 18.7 Å². The van der Waals surface area contributed by atoms with Crippen molar-refractivity contribution in [3.05, 3.63) is 0 Å².